The van der Waals surface area contributed by atoms with Crippen LogP contribution >= 0.6 is 0 Å². The largest absolute Gasteiger partial charge is 0.338 e. The van der Waals surface area contributed by atoms with Crippen molar-refractivity contribution >= 4 is 5.91 Å². The van der Waals surface area contributed by atoms with E-state index in [-0.39, 0.29) is 11.5 Å². The Kier molecular flexibility index (Phi) is 5.67. The van der Waals surface area contributed by atoms with E-state index in [9.17, 15) is 9.18 Å². The zero-order valence-corrected chi connectivity index (χ0v) is 16.3. The Morgan fingerprint density at radius 1 is 1.07 bits per heavy atom. The van der Waals surface area contributed by atoms with Crippen molar-refractivity contribution in [2.45, 2.75) is 19.9 Å². The minimum Gasteiger partial charge on any atom is -0.338 e. The summed E-state index contributed by atoms with van der Waals surface area (Å²) in [6, 6.07) is 14.2. The molecular formula is C22H23FN4O2. The lowest BCUT2D eigenvalue weighted by Crippen LogP contribution is -2.48. The van der Waals surface area contributed by atoms with Crippen LogP contribution in [-0.4, -0.2) is 52.0 Å². The number of carbonyl (C=O) groups is 1. The van der Waals surface area contributed by atoms with E-state index in [1.165, 1.54) is 17.7 Å². The van der Waals surface area contributed by atoms with Gasteiger partial charge < -0.3 is 9.42 Å². The summed E-state index contributed by atoms with van der Waals surface area (Å²) >= 11 is 0. The van der Waals surface area contributed by atoms with Crippen molar-refractivity contribution in [1.82, 2.24) is 19.9 Å². The van der Waals surface area contributed by atoms with Gasteiger partial charge in [-0.2, -0.15) is 4.98 Å². The van der Waals surface area contributed by atoms with Crippen LogP contribution in [0.3, 0.4) is 0 Å². The number of benzene rings is 2. The van der Waals surface area contributed by atoms with Crippen LogP contribution in [0.4, 0.5) is 4.39 Å². The Bertz CT molecular complexity index is 978. The predicted octanol–water partition coefficient (Wildman–Crippen LogP) is 3.40. The van der Waals surface area contributed by atoms with Gasteiger partial charge >= 0.3 is 0 Å². The third-order valence-corrected chi connectivity index (χ3v) is 5.21. The number of nitrogens with zero attached hydrogens (tertiary/aromatic N) is 4. The Labute approximate surface area is 168 Å². The highest BCUT2D eigenvalue weighted by atomic mass is 19.1. The summed E-state index contributed by atoms with van der Waals surface area (Å²) in [7, 11) is 0. The first-order valence-corrected chi connectivity index (χ1v) is 9.82. The maximum Gasteiger partial charge on any atom is 0.256 e. The van der Waals surface area contributed by atoms with Crippen molar-refractivity contribution in [3.63, 3.8) is 0 Å². The average Bonchev–Trinajstić information content (AvgIpc) is 3.23. The van der Waals surface area contributed by atoms with E-state index < -0.39 is 5.82 Å². The number of amides is 1. The molecule has 1 fully saturated rings. The molecule has 2 aromatic carbocycles. The maximum atomic E-state index is 13.9. The van der Waals surface area contributed by atoms with Gasteiger partial charge in [-0.1, -0.05) is 48.5 Å². The third-order valence-electron chi connectivity index (χ3n) is 5.21. The molecule has 0 saturated carbocycles. The molecule has 3 aromatic rings. The number of carbonyl (C=O) groups excluding carboxylic acids is 1. The second-order valence-electron chi connectivity index (χ2n) is 7.11. The highest BCUT2D eigenvalue weighted by Crippen LogP contribution is 2.18. The molecule has 4 rings (SSSR count). The van der Waals surface area contributed by atoms with Gasteiger partial charge in [0.15, 0.2) is 0 Å². The molecule has 7 heteroatoms. The smallest absolute Gasteiger partial charge is 0.256 e. The molecule has 0 aliphatic carbocycles. The lowest BCUT2D eigenvalue weighted by atomic mass is 10.1. The molecule has 1 aliphatic rings. The van der Waals surface area contributed by atoms with Crippen molar-refractivity contribution in [3.8, 4) is 11.4 Å². The van der Waals surface area contributed by atoms with E-state index in [0.717, 1.165) is 12.0 Å². The van der Waals surface area contributed by atoms with Crippen LogP contribution in [-0.2, 0) is 13.0 Å². The normalized spacial score (nSPS) is 14.9. The monoisotopic (exact) mass is 394 g/mol. The first-order valence-electron chi connectivity index (χ1n) is 9.82. The molecule has 0 atom stereocenters. The number of hydrogen-bond acceptors (Lipinski definition) is 5. The predicted molar refractivity (Wildman–Crippen MR) is 107 cm³/mol. The summed E-state index contributed by atoms with van der Waals surface area (Å²) in [5, 5.41) is 4.08. The minimum absolute atomic E-state index is 0.122. The number of aryl methyl sites for hydroxylation is 1. The number of aromatic nitrogens is 2. The number of piperazine rings is 1. The van der Waals surface area contributed by atoms with E-state index in [1.54, 1.807) is 17.0 Å². The molecule has 0 spiro atoms. The highest BCUT2D eigenvalue weighted by Gasteiger charge is 2.25. The summed E-state index contributed by atoms with van der Waals surface area (Å²) in [5.41, 5.74) is 2.31. The van der Waals surface area contributed by atoms with Crippen LogP contribution in [0.2, 0.25) is 0 Å². The van der Waals surface area contributed by atoms with Gasteiger partial charge in [0.1, 0.15) is 5.82 Å². The molecule has 0 bridgehead atoms. The van der Waals surface area contributed by atoms with Crippen LogP contribution in [0.5, 0.6) is 0 Å². The van der Waals surface area contributed by atoms with E-state index in [4.69, 9.17) is 4.52 Å². The summed E-state index contributed by atoms with van der Waals surface area (Å²) in [6.07, 6.45) is 0.989. The molecule has 1 aromatic heterocycles. The lowest BCUT2D eigenvalue weighted by molar-refractivity contribution is 0.0610. The van der Waals surface area contributed by atoms with E-state index >= 15 is 0 Å². The first-order chi connectivity index (χ1) is 14.1. The van der Waals surface area contributed by atoms with Crippen molar-refractivity contribution in [2.75, 3.05) is 26.2 Å². The third kappa shape index (κ3) is 4.35. The summed E-state index contributed by atoms with van der Waals surface area (Å²) in [6.45, 7) is 5.05. The number of rotatable bonds is 5. The van der Waals surface area contributed by atoms with Gasteiger partial charge in [0, 0.05) is 31.7 Å². The van der Waals surface area contributed by atoms with E-state index in [0.29, 0.717) is 44.4 Å². The standard InChI is InChI=1S/C22H23FN4O2/c1-2-16-7-9-17(10-8-16)21-24-20(29-25-21)15-26-11-13-27(14-12-26)22(28)18-5-3-4-6-19(18)23/h3-10H,2,11-15H2,1H3. The van der Waals surface area contributed by atoms with Crippen LogP contribution in [0.25, 0.3) is 11.4 Å². The second-order valence-corrected chi connectivity index (χ2v) is 7.11. The summed E-state index contributed by atoms with van der Waals surface area (Å²) < 4.78 is 19.3. The molecular weight excluding hydrogens is 371 g/mol. The molecule has 6 nitrogen and oxygen atoms in total. The number of hydrogen-bond donors (Lipinski definition) is 0. The average molecular weight is 394 g/mol. The quantitative estimate of drug-likeness (QED) is 0.664. The topological polar surface area (TPSA) is 62.5 Å². The van der Waals surface area contributed by atoms with E-state index in [1.807, 2.05) is 12.1 Å². The molecule has 0 N–H and O–H groups in total. The fourth-order valence-electron chi connectivity index (χ4n) is 3.43. The SMILES string of the molecule is CCc1ccc(-c2noc(CN3CCN(C(=O)c4ccccc4F)CC3)n2)cc1. The molecule has 1 saturated heterocycles. The fourth-order valence-corrected chi connectivity index (χ4v) is 3.43. The molecule has 0 unspecified atom stereocenters. The van der Waals surface area contributed by atoms with Gasteiger partial charge in [-0.15, -0.1) is 0 Å². The maximum absolute atomic E-state index is 13.9. The van der Waals surface area contributed by atoms with Crippen LogP contribution in [0, 0.1) is 5.82 Å². The van der Waals surface area contributed by atoms with Gasteiger partial charge in [-0.25, -0.2) is 4.39 Å². The molecule has 1 amide bonds. The van der Waals surface area contributed by atoms with Crippen molar-refractivity contribution < 1.29 is 13.7 Å². The van der Waals surface area contributed by atoms with Crippen LogP contribution < -0.4 is 0 Å². The fraction of sp³-hybridized carbons (Fsp3) is 0.318. The molecule has 0 radical (unpaired) electrons. The molecule has 1 aliphatic heterocycles. The highest BCUT2D eigenvalue weighted by molar-refractivity contribution is 5.94. The van der Waals surface area contributed by atoms with Crippen LogP contribution in [0.15, 0.2) is 53.1 Å². The number of halogens is 1. The van der Waals surface area contributed by atoms with Gasteiger partial charge in [0.2, 0.25) is 11.7 Å². The Morgan fingerprint density at radius 3 is 2.48 bits per heavy atom. The van der Waals surface area contributed by atoms with Crippen LogP contribution in [0.1, 0.15) is 28.7 Å². The zero-order valence-electron chi connectivity index (χ0n) is 16.3. The van der Waals surface area contributed by atoms with Crippen molar-refractivity contribution in [1.29, 1.82) is 0 Å². The minimum atomic E-state index is -0.481. The molecule has 29 heavy (non-hydrogen) atoms. The summed E-state index contributed by atoms with van der Waals surface area (Å²) in [5.74, 6) is 0.383. The Morgan fingerprint density at radius 2 is 1.79 bits per heavy atom. The van der Waals surface area contributed by atoms with Crippen molar-refractivity contribution in [2.24, 2.45) is 0 Å². The van der Waals surface area contributed by atoms with Gasteiger partial charge in [0.25, 0.3) is 5.91 Å². The second kappa shape index (κ2) is 8.53. The van der Waals surface area contributed by atoms with Gasteiger partial charge in [0.05, 0.1) is 12.1 Å². The van der Waals surface area contributed by atoms with Crippen molar-refractivity contribution in [3.05, 3.63) is 71.4 Å². The van der Waals surface area contributed by atoms with Gasteiger partial charge in [-0.3, -0.25) is 9.69 Å². The van der Waals surface area contributed by atoms with E-state index in [2.05, 4.69) is 34.1 Å². The summed E-state index contributed by atoms with van der Waals surface area (Å²) in [4.78, 5) is 20.9. The molecule has 2 heterocycles. The lowest BCUT2D eigenvalue weighted by Gasteiger charge is -2.34. The Balaban J connectivity index is 1.33. The first kappa shape index (κ1) is 19.3. The molecule has 150 valence electrons. The van der Waals surface area contributed by atoms with Gasteiger partial charge in [-0.05, 0) is 24.1 Å². The Hall–Kier alpha value is -3.06. The zero-order chi connectivity index (χ0) is 20.2.